The fourth-order valence-corrected chi connectivity index (χ4v) is 16.1. The number of aliphatic hydroxyl groups is 2. The van der Waals surface area contributed by atoms with Crippen molar-refractivity contribution < 1.29 is 98.4 Å². The Hall–Kier alpha value is -4.21. The summed E-state index contributed by atoms with van der Waals surface area (Å²) in [7, 11) is -14.4. The average molecular weight is 1340 g/mol. The molecule has 33 nitrogen and oxygen atoms in total. The molecule has 0 bridgehead atoms. The zero-order valence-electron chi connectivity index (χ0n) is 45.7. The highest BCUT2D eigenvalue weighted by molar-refractivity contribution is 8.76. The van der Waals surface area contributed by atoms with E-state index in [1.165, 1.54) is 50.8 Å². The molecule has 1 aromatic carbocycles. The van der Waals surface area contributed by atoms with Gasteiger partial charge in [0.15, 0.2) is 24.5 Å². The largest absolute Gasteiger partial charge is 0.490 e. The molecule has 0 spiro atoms. The Labute approximate surface area is 500 Å². The number of alkyl carbamates (subject to hydrolysis) is 1. The minimum atomic E-state index is -5.87. The van der Waals surface area contributed by atoms with E-state index in [2.05, 4.69) is 71.4 Å². The fraction of sp³-hybridized carbons (Fsp3) is 0.682. The maximum Gasteiger partial charge on any atom is 0.490 e. The monoisotopic (exact) mass is 1340 g/mol. The van der Waals surface area contributed by atoms with Gasteiger partial charge in [-0.25, -0.2) is 18.5 Å². The number of aromatic amines is 1. The molecular formula is C44H68F3N14O19P3S3. The number of phosphoric ester groups is 1. The maximum atomic E-state index is 13.6. The topological polar surface area (TPSA) is 483 Å². The number of H-pyrrole nitrogens is 1. The van der Waals surface area contributed by atoms with E-state index >= 15 is 0 Å². The molecule has 2 aromatic rings. The van der Waals surface area contributed by atoms with Crippen molar-refractivity contribution in [1.82, 2.24) is 47.2 Å². The van der Waals surface area contributed by atoms with Crippen molar-refractivity contribution in [3.8, 4) is 0 Å². The normalized spacial score (nSPS) is 25.0. The van der Waals surface area contributed by atoms with Gasteiger partial charge in [-0.2, -0.15) is 38.5 Å². The summed E-state index contributed by atoms with van der Waals surface area (Å²) in [5, 5.41) is 49.9. The van der Waals surface area contributed by atoms with E-state index < -0.39 is 109 Å². The van der Waals surface area contributed by atoms with Gasteiger partial charge >= 0.3 is 41.4 Å². The smallest absolute Gasteiger partial charge is 0.441 e. The molecular weight excluding hydrogens is 1270 g/mol. The first-order valence-electron chi connectivity index (χ1n) is 26.8. The second kappa shape index (κ2) is 30.5. The minimum absolute atomic E-state index is 0.00412. The van der Waals surface area contributed by atoms with E-state index in [1.54, 1.807) is 6.92 Å². The number of anilines is 3. The number of nitrogens with two attached hydrogens (primary N) is 1. The second-order valence-electron chi connectivity index (χ2n) is 20.0. The van der Waals surface area contributed by atoms with Gasteiger partial charge in [-0.15, -0.1) is 10.2 Å². The van der Waals surface area contributed by atoms with E-state index in [0.717, 1.165) is 18.6 Å². The molecule has 12 atom stereocenters. The van der Waals surface area contributed by atoms with Crippen LogP contribution in [0.4, 0.5) is 35.4 Å². The number of amides is 4. The maximum absolute atomic E-state index is 13.6. The molecule has 7 rings (SSSR count). The number of aliphatic hydroxyl groups excluding tert-OH is 2. The van der Waals surface area contributed by atoms with Crippen molar-refractivity contribution in [2.24, 2.45) is 10.2 Å². The molecule has 1 aromatic heterocycles. The molecule has 42 heteroatoms. The van der Waals surface area contributed by atoms with Crippen molar-refractivity contribution in [2.45, 2.75) is 137 Å². The van der Waals surface area contributed by atoms with Crippen molar-refractivity contribution >= 4 is 98.1 Å². The molecule has 5 aliphatic heterocycles. The predicted octanol–water partition coefficient (Wildman–Crippen LogP) is 1.49. The van der Waals surface area contributed by atoms with Crippen molar-refractivity contribution in [3.05, 3.63) is 45.7 Å². The predicted molar refractivity (Wildman–Crippen MR) is 304 cm³/mol. The number of alkyl halides is 3. The van der Waals surface area contributed by atoms with Crippen LogP contribution in [-0.4, -0.2) is 174 Å². The zero-order chi connectivity index (χ0) is 62.6. The van der Waals surface area contributed by atoms with Crippen LogP contribution in [0.25, 0.3) is 0 Å². The van der Waals surface area contributed by atoms with Crippen molar-refractivity contribution in [2.75, 3.05) is 66.0 Å². The van der Waals surface area contributed by atoms with Crippen molar-refractivity contribution in [3.63, 3.8) is 0 Å². The summed E-state index contributed by atoms with van der Waals surface area (Å²) in [5.74, 6) is 0.185. The van der Waals surface area contributed by atoms with Gasteiger partial charge in [0, 0.05) is 85.6 Å². The van der Waals surface area contributed by atoms with Crippen LogP contribution in [0.1, 0.15) is 82.1 Å². The third-order valence-electron chi connectivity index (χ3n) is 13.6. The summed E-state index contributed by atoms with van der Waals surface area (Å²) in [4.78, 5) is 111. The summed E-state index contributed by atoms with van der Waals surface area (Å²) >= 11 is 1.84. The summed E-state index contributed by atoms with van der Waals surface area (Å²) < 4.78 is 99.5. The summed E-state index contributed by atoms with van der Waals surface area (Å²) in [6.07, 6.45) is -8.87. The first kappa shape index (κ1) is 69.3. The number of ether oxygens (including phenoxy) is 2. The number of hydrogen-bond donors (Lipinski definition) is 16. The van der Waals surface area contributed by atoms with Crippen LogP contribution in [0.2, 0.25) is 0 Å². The number of hydrogen-bond acceptors (Lipinski definition) is 27. The number of phosphoric acid groups is 3. The van der Waals surface area contributed by atoms with Crippen LogP contribution in [0.15, 0.2) is 39.3 Å². The molecule has 10 unspecified atom stereocenters. The molecule has 5 aliphatic rings. The average Bonchev–Trinajstić information content (AvgIpc) is 1.61. The molecule has 0 aliphatic carbocycles. The number of rotatable bonds is 34. The summed E-state index contributed by atoms with van der Waals surface area (Å²) in [6, 6.07) is 4.45. The van der Waals surface area contributed by atoms with Gasteiger partial charge < -0.3 is 76.5 Å². The highest BCUT2D eigenvalue weighted by atomic mass is 33.1. The lowest BCUT2D eigenvalue weighted by atomic mass is 10.0. The van der Waals surface area contributed by atoms with Crippen LogP contribution < -0.4 is 58.7 Å². The number of fused-ring (bicyclic) bond motifs is 2. The van der Waals surface area contributed by atoms with Crippen LogP contribution >= 0.6 is 56.8 Å². The van der Waals surface area contributed by atoms with Crippen LogP contribution in [0.5, 0.6) is 0 Å². The number of nitrogens with zero attached hydrogens (tertiary/aromatic N) is 4. The number of thioether (sulfide) groups is 1. The second-order valence-corrected chi connectivity index (χ2v) is 28.4. The standard InChI is InChI=1S/C44H68F3N14O19P3S3/c1-23-53-34-35(57-40(48)58-38(34)66)61(23)39-29(20-26(77-39)21-76-82(72,73)80-83(74,75)79-81(69,70)71)78-42(68)52-16-15-50-37(65)27(6-4-5-14-49-31(62)8-3-2-7-30-33-28(22-84-30)55-41(67)56-33)54-32(63)13-18-85-86-19-17-51-36(64)24-9-11-25(12-10-24)43(59-60-43)44(45,46)47/h9-12,23,26-30,33,36,39,41,51,53,55-56,64,67H,2-8,13-22H2,1H3,(H,49,62)(H,50,65)(H,52,68)(H,54,63)(H,72,73)(H,74,75)(H2,69,70,71)(H3,48,57,58,66)/t23?,26-,27?,28?,29?,30?,33?,36?,39+,41?/m0/s1. The Balaban J connectivity index is 0.867. The van der Waals surface area contributed by atoms with Gasteiger partial charge in [0.25, 0.3) is 5.56 Å². The number of aromatic nitrogens is 2. The van der Waals surface area contributed by atoms with Crippen LogP contribution in [0, 0.1) is 0 Å². The number of halogens is 3. The number of carbonyl (C=O) groups is 4. The quantitative estimate of drug-likeness (QED) is 0.0204. The van der Waals surface area contributed by atoms with Crippen LogP contribution in [0.3, 0.4) is 0 Å². The van der Waals surface area contributed by atoms with E-state index in [9.17, 15) is 70.8 Å². The van der Waals surface area contributed by atoms with Gasteiger partial charge in [-0.3, -0.25) is 44.6 Å². The van der Waals surface area contributed by atoms with E-state index in [4.69, 9.17) is 29.5 Å². The highest BCUT2D eigenvalue weighted by Crippen LogP contribution is 2.66. The van der Waals surface area contributed by atoms with E-state index in [-0.39, 0.29) is 73.4 Å². The highest BCUT2D eigenvalue weighted by Gasteiger charge is 2.65. The first-order valence-corrected chi connectivity index (χ1v) is 34.8. The van der Waals surface area contributed by atoms with Gasteiger partial charge in [-0.05, 0) is 44.6 Å². The molecule has 482 valence electrons. The lowest BCUT2D eigenvalue weighted by Gasteiger charge is -2.32. The van der Waals surface area contributed by atoms with Gasteiger partial charge in [0.05, 0.1) is 12.7 Å². The Morgan fingerprint density at radius 3 is 2.36 bits per heavy atom. The number of nitrogens with one attached hydrogen (secondary N) is 9. The fourth-order valence-electron chi connectivity index (χ4n) is 9.57. The summed E-state index contributed by atoms with van der Waals surface area (Å²) in [6.45, 7) is 0.855. The molecule has 0 saturated carbocycles. The Morgan fingerprint density at radius 2 is 1.65 bits per heavy atom. The lowest BCUT2D eigenvalue weighted by Crippen LogP contribution is -2.50. The molecule has 17 N–H and O–H groups in total. The Bertz CT molecular complexity index is 2930. The minimum Gasteiger partial charge on any atom is -0.441 e. The number of nitrogen functional groups attached to an aromatic ring is 1. The first-order chi connectivity index (χ1) is 40.5. The third-order valence-corrected chi connectivity index (χ3v) is 21.3. The lowest BCUT2D eigenvalue weighted by molar-refractivity contribution is -0.166. The van der Waals surface area contributed by atoms with Gasteiger partial charge in [0.2, 0.25) is 23.7 Å². The van der Waals surface area contributed by atoms with E-state index in [1.807, 2.05) is 11.8 Å². The number of benzene rings is 1. The molecule has 0 radical (unpaired) electrons. The van der Waals surface area contributed by atoms with E-state index in [0.29, 0.717) is 61.1 Å². The molecule has 86 heavy (non-hydrogen) atoms. The van der Waals surface area contributed by atoms with Crippen LogP contribution in [-0.2, 0) is 56.4 Å². The SMILES string of the molecule is CC1Nc2c(nc(N)[nH]c2=O)N1[C@@H]1O[C@H](COP(=O)(O)OP(=O)(O)OP(=O)(O)O)CC1OC(=O)NCCNC(=O)C(CCCCNC(=O)CCCCC1SCC2NC(O)NC21)NC(=O)CCSSCCNC(O)c1ccc(C2(C(F)(F)F)N=N2)cc1. The summed E-state index contributed by atoms with van der Waals surface area (Å²) in [5.41, 5.74) is 2.69. The Morgan fingerprint density at radius 1 is 0.930 bits per heavy atom. The number of carbonyl (C=O) groups excluding carboxylic acids is 4. The molecule has 3 saturated heterocycles. The third kappa shape index (κ3) is 20.1. The van der Waals surface area contributed by atoms with Gasteiger partial charge in [-0.1, -0.05) is 52.3 Å². The number of unbranched alkanes of at least 4 members (excludes halogenated alkanes) is 2. The van der Waals surface area contributed by atoms with Crippen molar-refractivity contribution in [1.29, 1.82) is 0 Å². The molecule has 4 amide bonds. The molecule has 6 heterocycles. The zero-order valence-corrected chi connectivity index (χ0v) is 50.8. The van der Waals surface area contributed by atoms with Gasteiger partial charge in [0.1, 0.15) is 24.1 Å². The Kier molecular flexibility index (Phi) is 24.6. The molecule has 3 fully saturated rings.